The van der Waals surface area contributed by atoms with E-state index >= 15 is 0 Å². The molecular formula is C21H32O3Si. The molecule has 0 amide bonds. The predicted octanol–water partition coefficient (Wildman–Crippen LogP) is 5.26. The molecule has 0 aliphatic heterocycles. The van der Waals surface area contributed by atoms with Crippen LogP contribution in [0.3, 0.4) is 0 Å². The topological polar surface area (TPSA) is 35.5 Å². The third kappa shape index (κ3) is 6.63. The van der Waals surface area contributed by atoms with Gasteiger partial charge in [0.25, 0.3) is 0 Å². The van der Waals surface area contributed by atoms with Crippen LogP contribution >= 0.6 is 0 Å². The average Bonchev–Trinajstić information content (AvgIpc) is 2.66. The van der Waals surface area contributed by atoms with E-state index in [0.717, 1.165) is 18.9 Å². The van der Waals surface area contributed by atoms with Crippen LogP contribution in [0.2, 0.25) is 6.04 Å². The maximum atomic E-state index is 12.0. The molecule has 0 spiro atoms. The minimum Gasteiger partial charge on any atom is -0.293 e. The van der Waals surface area contributed by atoms with Gasteiger partial charge in [-0.05, 0) is 24.6 Å². The smallest absolute Gasteiger partial charge is 0.293 e. The van der Waals surface area contributed by atoms with E-state index in [-0.39, 0.29) is 0 Å². The Morgan fingerprint density at radius 2 is 1.60 bits per heavy atom. The summed E-state index contributed by atoms with van der Waals surface area (Å²) in [5.74, 6) is -0.446. The Hall–Kier alpha value is -1.65. The van der Waals surface area contributed by atoms with Gasteiger partial charge in [0.1, 0.15) is 8.07 Å². The lowest BCUT2D eigenvalue weighted by molar-refractivity contribution is -0.241. The summed E-state index contributed by atoms with van der Waals surface area (Å²) < 4.78 is 0. The first kappa shape index (κ1) is 21.4. The summed E-state index contributed by atoms with van der Waals surface area (Å²) >= 11 is 0. The fraction of sp³-hybridized carbons (Fsp3) is 0.476. The van der Waals surface area contributed by atoms with Gasteiger partial charge in [-0.1, -0.05) is 74.7 Å². The zero-order valence-electron chi connectivity index (χ0n) is 15.8. The molecule has 0 aliphatic carbocycles. The van der Waals surface area contributed by atoms with Crippen LogP contribution in [0.15, 0.2) is 48.8 Å². The highest BCUT2D eigenvalue weighted by molar-refractivity contribution is 6.99. The van der Waals surface area contributed by atoms with Crippen LogP contribution in [0, 0.1) is 0 Å². The van der Waals surface area contributed by atoms with Gasteiger partial charge in [-0.2, -0.15) is 4.89 Å². The van der Waals surface area contributed by atoms with Gasteiger partial charge in [0, 0.05) is 0 Å². The number of hydrogen-bond donors (Lipinski definition) is 0. The van der Waals surface area contributed by atoms with Crippen molar-refractivity contribution >= 4 is 19.2 Å². The molecule has 0 N–H and O–H groups in total. The third-order valence-corrected chi connectivity index (χ3v) is 8.72. The van der Waals surface area contributed by atoms with Crippen molar-refractivity contribution in [3.63, 3.8) is 0 Å². The van der Waals surface area contributed by atoms with E-state index in [0.29, 0.717) is 12.2 Å². The van der Waals surface area contributed by atoms with E-state index in [1.165, 1.54) is 30.9 Å². The number of rotatable bonds is 13. The second kappa shape index (κ2) is 11.8. The molecule has 138 valence electrons. The van der Waals surface area contributed by atoms with Crippen molar-refractivity contribution < 1.29 is 14.6 Å². The summed E-state index contributed by atoms with van der Waals surface area (Å²) in [6.45, 7) is 12.7. The van der Waals surface area contributed by atoms with Gasteiger partial charge in [0.2, 0.25) is 0 Å². The van der Waals surface area contributed by atoms with E-state index < -0.39 is 14.0 Å². The van der Waals surface area contributed by atoms with Gasteiger partial charge >= 0.3 is 5.97 Å². The Kier molecular flexibility index (Phi) is 10.1. The molecule has 0 fully saturated rings. The normalized spacial score (nSPS) is 11.1. The lowest BCUT2D eigenvalue weighted by Gasteiger charge is -2.23. The van der Waals surface area contributed by atoms with Crippen molar-refractivity contribution in [1.82, 2.24) is 0 Å². The Balaban J connectivity index is 2.42. The second-order valence-electron chi connectivity index (χ2n) is 6.34. The van der Waals surface area contributed by atoms with Crippen LogP contribution in [0.1, 0.15) is 62.7 Å². The Bertz CT molecular complexity index is 529. The molecule has 25 heavy (non-hydrogen) atoms. The molecule has 1 aromatic rings. The molecule has 0 bridgehead atoms. The van der Waals surface area contributed by atoms with Crippen LogP contribution in [-0.4, -0.2) is 20.7 Å². The molecule has 1 rings (SSSR count). The molecule has 0 saturated carbocycles. The lowest BCUT2D eigenvalue weighted by atomic mass is 10.1. The lowest BCUT2D eigenvalue weighted by Crippen LogP contribution is -2.43. The van der Waals surface area contributed by atoms with Gasteiger partial charge in [-0.25, -0.2) is 4.79 Å². The molecule has 1 aromatic carbocycles. The van der Waals surface area contributed by atoms with Crippen molar-refractivity contribution in [2.45, 2.75) is 58.4 Å². The van der Waals surface area contributed by atoms with Crippen LogP contribution in [0.5, 0.6) is 0 Å². The minimum absolute atomic E-state index is 0.446. The zero-order valence-corrected chi connectivity index (χ0v) is 16.8. The minimum atomic E-state index is -1.86. The Morgan fingerprint density at radius 1 is 1.00 bits per heavy atom. The summed E-state index contributed by atoms with van der Waals surface area (Å²) in [4.78, 5) is 21.9. The van der Waals surface area contributed by atoms with Crippen LogP contribution in [0.25, 0.3) is 0 Å². The van der Waals surface area contributed by atoms with Crippen molar-refractivity contribution in [3.8, 4) is 0 Å². The standard InChI is InChI=1S/C21H32O3Si/c1-5-9-10-11-12-13-18-23-24-21(22)19-14-16-20(17-15-19)25(6-2,7-3)8-4/h6-7,14-17H,2-3,5,8-13,18H2,1,4H3. The SMILES string of the molecule is C=C[Si](C=C)(CC)c1ccc(C(=O)OOCCCCCCCC)cc1. The number of benzene rings is 1. The highest BCUT2D eigenvalue weighted by Crippen LogP contribution is 2.13. The van der Waals surface area contributed by atoms with Gasteiger partial charge < -0.3 is 0 Å². The predicted molar refractivity (Wildman–Crippen MR) is 107 cm³/mol. The average molecular weight is 361 g/mol. The molecule has 0 radical (unpaired) electrons. The van der Waals surface area contributed by atoms with E-state index in [9.17, 15) is 4.79 Å². The summed E-state index contributed by atoms with van der Waals surface area (Å²) in [6, 6.07) is 8.53. The fourth-order valence-electron chi connectivity index (χ4n) is 2.81. The van der Waals surface area contributed by atoms with E-state index in [2.05, 4.69) is 27.0 Å². The van der Waals surface area contributed by atoms with Crippen molar-refractivity contribution in [1.29, 1.82) is 0 Å². The monoisotopic (exact) mass is 360 g/mol. The second-order valence-corrected chi connectivity index (χ2v) is 10.5. The largest absolute Gasteiger partial charge is 0.373 e. The summed E-state index contributed by atoms with van der Waals surface area (Å²) in [5.41, 5.74) is 4.55. The third-order valence-electron chi connectivity index (χ3n) is 4.69. The number of carbonyl (C=O) groups excluding carboxylic acids is 1. The van der Waals surface area contributed by atoms with E-state index in [4.69, 9.17) is 9.78 Å². The highest BCUT2D eigenvalue weighted by atomic mass is 28.3. The van der Waals surface area contributed by atoms with Crippen LogP contribution in [0.4, 0.5) is 0 Å². The number of hydrogen-bond acceptors (Lipinski definition) is 3. The molecule has 0 heterocycles. The molecule has 0 aliphatic rings. The first-order chi connectivity index (χ1) is 12.1. The molecule has 4 heteroatoms. The van der Waals surface area contributed by atoms with Gasteiger partial charge in [-0.15, -0.1) is 13.2 Å². The van der Waals surface area contributed by atoms with Crippen LogP contribution < -0.4 is 5.19 Å². The zero-order chi connectivity index (χ0) is 18.5. The number of unbranched alkanes of at least 4 members (excludes halogenated alkanes) is 5. The van der Waals surface area contributed by atoms with E-state index in [1.54, 1.807) is 12.1 Å². The maximum Gasteiger partial charge on any atom is 0.373 e. The summed E-state index contributed by atoms with van der Waals surface area (Å²) in [5, 5.41) is 1.20. The molecule has 0 aromatic heterocycles. The Labute approximate surface area is 153 Å². The molecular weight excluding hydrogens is 328 g/mol. The molecule has 0 atom stereocenters. The fourth-order valence-corrected chi connectivity index (χ4v) is 5.22. The van der Waals surface area contributed by atoms with Gasteiger partial charge in [0.05, 0.1) is 12.2 Å². The molecule has 0 unspecified atom stereocenters. The number of carbonyl (C=O) groups is 1. The van der Waals surface area contributed by atoms with Gasteiger partial charge in [-0.3, -0.25) is 4.89 Å². The van der Waals surface area contributed by atoms with Crippen molar-refractivity contribution in [2.75, 3.05) is 6.61 Å². The quantitative estimate of drug-likeness (QED) is 0.208. The maximum absolute atomic E-state index is 12.0. The highest BCUT2D eigenvalue weighted by Gasteiger charge is 2.26. The van der Waals surface area contributed by atoms with Crippen molar-refractivity contribution in [3.05, 3.63) is 54.4 Å². The van der Waals surface area contributed by atoms with E-state index in [1.807, 2.05) is 23.5 Å². The van der Waals surface area contributed by atoms with Crippen molar-refractivity contribution in [2.24, 2.45) is 0 Å². The van der Waals surface area contributed by atoms with Crippen LogP contribution in [-0.2, 0) is 9.78 Å². The Morgan fingerprint density at radius 3 is 2.16 bits per heavy atom. The first-order valence-electron chi connectivity index (χ1n) is 9.35. The molecule has 0 saturated heterocycles. The first-order valence-corrected chi connectivity index (χ1v) is 11.7. The van der Waals surface area contributed by atoms with Gasteiger partial charge in [0.15, 0.2) is 0 Å². The summed E-state index contributed by atoms with van der Waals surface area (Å²) in [6.07, 6.45) is 7.03. The summed E-state index contributed by atoms with van der Waals surface area (Å²) in [7, 11) is -1.86. The molecule has 3 nitrogen and oxygen atoms in total.